The molecule has 0 aliphatic heterocycles. The highest BCUT2D eigenvalue weighted by Crippen LogP contribution is 2.13. The van der Waals surface area contributed by atoms with Crippen molar-refractivity contribution in [2.24, 2.45) is 5.73 Å². The molecular formula is C16H22F4N4O2+2. The summed E-state index contributed by atoms with van der Waals surface area (Å²) in [6.45, 7) is -1.89. The molecule has 0 bridgehead atoms. The molecule has 144 valence electrons. The molecule has 0 heterocycles. The van der Waals surface area contributed by atoms with Gasteiger partial charge in [0.1, 0.15) is 17.9 Å². The Balaban J connectivity index is 2.80. The molecular weight excluding hydrogens is 356 g/mol. The Labute approximate surface area is 147 Å². The summed E-state index contributed by atoms with van der Waals surface area (Å²) in [5, 5.41) is 3.38. The zero-order valence-electron chi connectivity index (χ0n) is 14.0. The van der Waals surface area contributed by atoms with Gasteiger partial charge in [0, 0.05) is 24.1 Å². The maximum Gasteiger partial charge on any atom is 0.405 e. The number of alkyl halides is 4. The molecule has 2 amide bonds. The first-order valence-electron chi connectivity index (χ1n) is 7.84. The number of carbonyl (C=O) groups is 2. The average molecular weight is 378 g/mol. The first-order valence-corrected chi connectivity index (χ1v) is 7.84. The van der Waals surface area contributed by atoms with E-state index in [1.54, 1.807) is 10.6 Å². The van der Waals surface area contributed by atoms with Gasteiger partial charge >= 0.3 is 12.1 Å². The third-order valence-electron chi connectivity index (χ3n) is 3.44. The highest BCUT2D eigenvalue weighted by Gasteiger charge is 2.27. The molecule has 0 fully saturated rings. The summed E-state index contributed by atoms with van der Waals surface area (Å²) in [6, 6.07) is 5.74. The predicted molar refractivity (Wildman–Crippen MR) is 85.4 cm³/mol. The fourth-order valence-electron chi connectivity index (χ4n) is 2.09. The van der Waals surface area contributed by atoms with Crippen LogP contribution in [0.1, 0.15) is 29.6 Å². The number of nitrogens with one attached hydrogen (secondary N) is 1. The molecule has 0 saturated carbocycles. The molecule has 26 heavy (non-hydrogen) atoms. The van der Waals surface area contributed by atoms with Crippen molar-refractivity contribution in [1.29, 1.82) is 0 Å². The van der Waals surface area contributed by atoms with Gasteiger partial charge < -0.3 is 11.1 Å². The number of unbranched alkanes of at least 4 members (excludes halogenated alkanes) is 1. The molecule has 8 N–H and O–H groups in total. The van der Waals surface area contributed by atoms with Gasteiger partial charge in [-0.2, -0.15) is 13.2 Å². The van der Waals surface area contributed by atoms with Crippen molar-refractivity contribution in [2.45, 2.75) is 25.4 Å². The highest BCUT2D eigenvalue weighted by atomic mass is 19.4. The van der Waals surface area contributed by atoms with Crippen molar-refractivity contribution >= 4 is 17.5 Å². The van der Waals surface area contributed by atoms with Crippen LogP contribution in [0, 0.1) is 0 Å². The van der Waals surface area contributed by atoms with Crippen molar-refractivity contribution in [3.63, 3.8) is 0 Å². The van der Waals surface area contributed by atoms with E-state index in [2.05, 4.69) is 5.73 Å². The van der Waals surface area contributed by atoms with Crippen LogP contribution in [0.3, 0.4) is 0 Å². The van der Waals surface area contributed by atoms with Gasteiger partial charge in [0.15, 0.2) is 5.70 Å². The Bertz CT molecular complexity index is 657. The minimum atomic E-state index is -4.49. The maximum atomic E-state index is 12.2. The molecule has 10 heteroatoms. The Morgan fingerprint density at radius 1 is 1.15 bits per heavy atom. The number of amides is 2. The summed E-state index contributed by atoms with van der Waals surface area (Å²) < 4.78 is 48.6. The average Bonchev–Trinajstić information content (AvgIpc) is 2.58. The summed E-state index contributed by atoms with van der Waals surface area (Å²) in [7, 11) is 0. The number of allylic oxidation sites excluding steroid dienone is 1. The lowest BCUT2D eigenvalue weighted by Gasteiger charge is -2.09. The van der Waals surface area contributed by atoms with Crippen LogP contribution in [0.5, 0.6) is 0 Å². The van der Waals surface area contributed by atoms with Crippen molar-refractivity contribution in [1.82, 2.24) is 5.32 Å². The molecule has 0 atom stereocenters. The van der Waals surface area contributed by atoms with E-state index in [0.717, 1.165) is 0 Å². The smallest absolute Gasteiger partial charge is 0.386 e. The molecule has 0 spiro atoms. The third kappa shape index (κ3) is 7.62. The molecule has 1 aromatic carbocycles. The number of benzene rings is 1. The number of quaternary nitrogens is 2. The summed E-state index contributed by atoms with van der Waals surface area (Å²) in [5.74, 6) is -1.40. The standard InChI is InChI=1S/C16H20F4N4O2/c17-8-2-1-3-12(13(21)14(22)25)24-11-6-4-10(5-7-11)15(26)23-9-16(18,19)20/h4-7,24H,1-3,8-9,21H2,(H2,22,25)(H,23,26)/p+2/b13-12-. The van der Waals surface area contributed by atoms with Gasteiger partial charge in [-0.25, -0.2) is 4.79 Å². The topological polar surface area (TPSA) is 116 Å². The fourth-order valence-corrected chi connectivity index (χ4v) is 2.09. The maximum absolute atomic E-state index is 12.2. The van der Waals surface area contributed by atoms with Crippen LogP contribution in [-0.4, -0.2) is 31.2 Å². The molecule has 6 nitrogen and oxygen atoms in total. The van der Waals surface area contributed by atoms with E-state index in [-0.39, 0.29) is 11.3 Å². The van der Waals surface area contributed by atoms with Crippen molar-refractivity contribution < 1.29 is 38.2 Å². The van der Waals surface area contributed by atoms with E-state index in [1.165, 1.54) is 24.3 Å². The van der Waals surface area contributed by atoms with Crippen LogP contribution >= 0.6 is 0 Å². The van der Waals surface area contributed by atoms with Gasteiger partial charge in [0.05, 0.1) is 6.67 Å². The van der Waals surface area contributed by atoms with Gasteiger partial charge in [-0.1, -0.05) is 0 Å². The second-order valence-electron chi connectivity index (χ2n) is 5.57. The van der Waals surface area contributed by atoms with Gasteiger partial charge in [-0.15, -0.1) is 0 Å². The monoisotopic (exact) mass is 378 g/mol. The van der Waals surface area contributed by atoms with E-state index in [9.17, 15) is 27.2 Å². The van der Waals surface area contributed by atoms with E-state index < -0.39 is 31.2 Å². The Morgan fingerprint density at radius 2 is 1.77 bits per heavy atom. The van der Waals surface area contributed by atoms with Crippen LogP contribution in [-0.2, 0) is 4.79 Å². The summed E-state index contributed by atoms with van der Waals surface area (Å²) in [6.07, 6.45) is -3.28. The normalized spacial score (nSPS) is 12.5. The molecule has 0 saturated heterocycles. The molecule has 0 radical (unpaired) electrons. The molecule has 1 rings (SSSR count). The van der Waals surface area contributed by atoms with Gasteiger partial charge in [0.25, 0.3) is 5.91 Å². The van der Waals surface area contributed by atoms with Crippen LogP contribution in [0.15, 0.2) is 35.7 Å². The first-order chi connectivity index (χ1) is 12.1. The van der Waals surface area contributed by atoms with Crippen molar-refractivity contribution in [3.8, 4) is 0 Å². The zero-order chi connectivity index (χ0) is 19.7. The largest absolute Gasteiger partial charge is 0.405 e. The Hall–Kier alpha value is -2.46. The molecule has 0 aliphatic carbocycles. The Kier molecular flexibility index (Phi) is 8.20. The van der Waals surface area contributed by atoms with E-state index in [4.69, 9.17) is 5.73 Å². The van der Waals surface area contributed by atoms with Crippen LogP contribution in [0.2, 0.25) is 0 Å². The second kappa shape index (κ2) is 9.88. The van der Waals surface area contributed by atoms with Crippen LogP contribution in [0.4, 0.5) is 23.2 Å². The SMILES string of the molecule is N/C(C([NH3+])=O)=C(/CCCCF)[NH2+]c1ccc(C(=O)NCC(F)(F)F)cc1. The van der Waals surface area contributed by atoms with E-state index >= 15 is 0 Å². The molecule has 0 unspecified atom stereocenters. The van der Waals surface area contributed by atoms with Crippen LogP contribution < -0.4 is 22.1 Å². The second-order valence-corrected chi connectivity index (χ2v) is 5.57. The molecule has 1 aromatic rings. The first kappa shape index (κ1) is 21.6. The third-order valence-corrected chi connectivity index (χ3v) is 3.44. The predicted octanol–water partition coefficient (Wildman–Crippen LogP) is 0.252. The lowest BCUT2D eigenvalue weighted by Crippen LogP contribution is -2.77. The van der Waals surface area contributed by atoms with Gasteiger partial charge in [-0.05, 0) is 25.0 Å². The summed E-state index contributed by atoms with van der Waals surface area (Å²) in [4.78, 5) is 23.0. The fraction of sp³-hybridized carbons (Fsp3) is 0.375. The number of hydrogen-bond acceptors (Lipinski definition) is 3. The number of halogens is 4. The lowest BCUT2D eigenvalue weighted by atomic mass is 10.1. The summed E-state index contributed by atoms with van der Waals surface area (Å²) >= 11 is 0. The van der Waals surface area contributed by atoms with Gasteiger partial charge in [-0.3, -0.25) is 20.2 Å². The minimum Gasteiger partial charge on any atom is -0.386 e. The van der Waals surface area contributed by atoms with Crippen molar-refractivity contribution in [3.05, 3.63) is 41.2 Å². The quantitative estimate of drug-likeness (QED) is 0.214. The van der Waals surface area contributed by atoms with E-state index in [0.29, 0.717) is 30.6 Å². The van der Waals surface area contributed by atoms with Gasteiger partial charge in [0.2, 0.25) is 0 Å². The molecule has 0 aromatic heterocycles. The van der Waals surface area contributed by atoms with Crippen molar-refractivity contribution in [2.75, 3.05) is 13.2 Å². The Morgan fingerprint density at radius 3 is 2.27 bits per heavy atom. The number of rotatable bonds is 9. The zero-order valence-corrected chi connectivity index (χ0v) is 14.0. The number of carbonyl (C=O) groups excluding carboxylic acids is 2. The lowest BCUT2D eigenvalue weighted by molar-refractivity contribution is -0.521. The summed E-state index contributed by atoms with van der Waals surface area (Å²) in [5.41, 5.74) is 10.1. The molecule has 0 aliphatic rings. The van der Waals surface area contributed by atoms with E-state index in [1.807, 2.05) is 0 Å². The highest BCUT2D eigenvalue weighted by molar-refractivity contribution is 5.94. The number of hydrogen-bond donors (Lipinski definition) is 4. The minimum absolute atomic E-state index is 0.0316. The van der Waals surface area contributed by atoms with Crippen LogP contribution in [0.25, 0.3) is 0 Å². The number of nitrogens with two attached hydrogens (primary N) is 2.